The van der Waals surface area contributed by atoms with Crippen LogP contribution >= 0.6 is 0 Å². The first kappa shape index (κ1) is 20.4. The number of carbonyl (C=O) groups is 1. The van der Waals surface area contributed by atoms with E-state index in [1.165, 1.54) is 25.3 Å². The van der Waals surface area contributed by atoms with E-state index in [0.717, 1.165) is 5.82 Å². The molecular weight excluding hydrogens is 392 g/mol. The molecule has 0 unspecified atom stereocenters. The first-order valence-electron chi connectivity index (χ1n) is 8.90. The number of hydrogen-bond acceptors (Lipinski definition) is 5. The number of aryl methyl sites for hydroxylation is 1. The van der Waals surface area contributed by atoms with Crippen molar-refractivity contribution in [3.8, 4) is 5.75 Å². The van der Waals surface area contributed by atoms with Gasteiger partial charge in [0.15, 0.2) is 0 Å². The number of sulfonamides is 1. The van der Waals surface area contributed by atoms with Crippen molar-refractivity contribution < 1.29 is 17.9 Å². The molecule has 0 aliphatic heterocycles. The van der Waals surface area contributed by atoms with Crippen molar-refractivity contribution in [2.45, 2.75) is 11.3 Å². The molecule has 0 aliphatic carbocycles. The number of methoxy groups -OCH3 is 1. The monoisotopic (exact) mass is 414 g/mol. The number of benzene rings is 2. The number of ether oxygens (including phenoxy) is 1. The summed E-state index contributed by atoms with van der Waals surface area (Å²) in [7, 11) is -0.418. The lowest BCUT2D eigenvalue weighted by atomic mass is 10.2. The highest BCUT2D eigenvalue weighted by Gasteiger charge is 2.16. The van der Waals surface area contributed by atoms with Gasteiger partial charge in [0.25, 0.3) is 15.9 Å². The zero-order valence-electron chi connectivity index (χ0n) is 16.1. The molecule has 0 aliphatic rings. The Balaban J connectivity index is 1.66. The van der Waals surface area contributed by atoms with Gasteiger partial charge in [-0.3, -0.25) is 9.52 Å². The van der Waals surface area contributed by atoms with Gasteiger partial charge in [0.1, 0.15) is 11.6 Å². The quantitative estimate of drug-likeness (QED) is 0.588. The normalized spacial score (nSPS) is 11.1. The highest BCUT2D eigenvalue weighted by atomic mass is 32.2. The van der Waals surface area contributed by atoms with Crippen LogP contribution in [0.25, 0.3) is 0 Å². The van der Waals surface area contributed by atoms with Crippen LogP contribution < -0.4 is 14.8 Å². The Morgan fingerprint density at radius 2 is 1.93 bits per heavy atom. The Labute approximate surface area is 169 Å². The van der Waals surface area contributed by atoms with Gasteiger partial charge in [-0.05, 0) is 42.5 Å². The molecule has 1 aromatic heterocycles. The van der Waals surface area contributed by atoms with E-state index in [-0.39, 0.29) is 16.4 Å². The zero-order valence-corrected chi connectivity index (χ0v) is 16.9. The first-order chi connectivity index (χ1) is 13.9. The Hall–Kier alpha value is -3.33. The average molecular weight is 414 g/mol. The molecule has 29 heavy (non-hydrogen) atoms. The Morgan fingerprint density at radius 3 is 2.59 bits per heavy atom. The molecular formula is C20H22N4O4S. The molecule has 2 aromatic carbocycles. The van der Waals surface area contributed by atoms with Crippen LogP contribution in [0.4, 0.5) is 5.69 Å². The second-order valence-corrected chi connectivity index (χ2v) is 8.00. The van der Waals surface area contributed by atoms with Crippen molar-refractivity contribution in [3.63, 3.8) is 0 Å². The van der Waals surface area contributed by atoms with E-state index in [1.54, 1.807) is 36.5 Å². The molecule has 1 amide bonds. The standard InChI is InChI=1S/C20H22N4O4S/c1-24-13-12-21-19(24)10-11-22-20(25)15-4-3-5-18(14-15)29(26,27)23-16-6-8-17(28-2)9-7-16/h3-9,12-14,23H,10-11H2,1-2H3,(H,22,25). The number of aromatic nitrogens is 2. The summed E-state index contributed by atoms with van der Waals surface area (Å²) in [5, 5.41) is 2.78. The van der Waals surface area contributed by atoms with Gasteiger partial charge in [-0.15, -0.1) is 0 Å². The minimum atomic E-state index is -3.83. The van der Waals surface area contributed by atoms with Crippen LogP contribution in [0.1, 0.15) is 16.2 Å². The maximum absolute atomic E-state index is 12.7. The minimum Gasteiger partial charge on any atom is -0.497 e. The van der Waals surface area contributed by atoms with Crippen LogP contribution in [0.5, 0.6) is 5.75 Å². The summed E-state index contributed by atoms with van der Waals surface area (Å²) in [6.45, 7) is 0.394. The molecule has 0 saturated carbocycles. The molecule has 8 nitrogen and oxygen atoms in total. The number of nitrogens with zero attached hydrogens (tertiary/aromatic N) is 2. The van der Waals surface area contributed by atoms with Crippen LogP contribution in [0.15, 0.2) is 65.8 Å². The lowest BCUT2D eigenvalue weighted by Crippen LogP contribution is -2.26. The molecule has 0 saturated heterocycles. The molecule has 0 atom stereocenters. The molecule has 3 rings (SSSR count). The van der Waals surface area contributed by atoms with E-state index in [9.17, 15) is 13.2 Å². The van der Waals surface area contributed by atoms with Crippen molar-refractivity contribution in [2.75, 3.05) is 18.4 Å². The van der Waals surface area contributed by atoms with Crippen molar-refractivity contribution in [3.05, 3.63) is 72.3 Å². The molecule has 152 valence electrons. The Morgan fingerprint density at radius 1 is 1.17 bits per heavy atom. The lowest BCUT2D eigenvalue weighted by Gasteiger charge is -2.10. The van der Waals surface area contributed by atoms with E-state index >= 15 is 0 Å². The summed E-state index contributed by atoms with van der Waals surface area (Å²) in [5.41, 5.74) is 0.665. The first-order valence-corrected chi connectivity index (χ1v) is 10.4. The molecule has 1 heterocycles. The summed E-state index contributed by atoms with van der Waals surface area (Å²) in [5.74, 6) is 1.13. The molecule has 9 heteroatoms. The third-order valence-corrected chi connectivity index (χ3v) is 5.68. The maximum atomic E-state index is 12.7. The molecule has 0 bridgehead atoms. The largest absolute Gasteiger partial charge is 0.497 e. The van der Waals surface area contributed by atoms with E-state index in [2.05, 4.69) is 15.0 Å². The van der Waals surface area contributed by atoms with Crippen molar-refractivity contribution in [1.82, 2.24) is 14.9 Å². The summed E-state index contributed by atoms with van der Waals surface area (Å²) < 4.78 is 34.7. The van der Waals surface area contributed by atoms with E-state index in [0.29, 0.717) is 24.4 Å². The van der Waals surface area contributed by atoms with Crippen molar-refractivity contribution in [1.29, 1.82) is 0 Å². The van der Waals surface area contributed by atoms with Crippen LogP contribution in [-0.4, -0.2) is 37.5 Å². The van der Waals surface area contributed by atoms with E-state index in [1.807, 2.05) is 17.8 Å². The van der Waals surface area contributed by atoms with Gasteiger partial charge in [0.2, 0.25) is 0 Å². The Bertz CT molecular complexity index is 1090. The summed E-state index contributed by atoms with van der Waals surface area (Å²) >= 11 is 0. The molecule has 0 radical (unpaired) electrons. The number of hydrogen-bond donors (Lipinski definition) is 2. The van der Waals surface area contributed by atoms with Gasteiger partial charge in [-0.1, -0.05) is 6.07 Å². The number of anilines is 1. The van der Waals surface area contributed by atoms with Crippen LogP contribution in [0.2, 0.25) is 0 Å². The summed E-state index contributed by atoms with van der Waals surface area (Å²) in [4.78, 5) is 16.6. The van der Waals surface area contributed by atoms with Crippen LogP contribution in [0, 0.1) is 0 Å². The lowest BCUT2D eigenvalue weighted by molar-refractivity contribution is 0.0953. The predicted octanol–water partition coefficient (Wildman–Crippen LogP) is 2.20. The van der Waals surface area contributed by atoms with Crippen molar-refractivity contribution in [2.24, 2.45) is 7.05 Å². The minimum absolute atomic E-state index is 0.00469. The third-order valence-electron chi connectivity index (χ3n) is 4.30. The fourth-order valence-electron chi connectivity index (χ4n) is 2.70. The number of nitrogens with one attached hydrogen (secondary N) is 2. The fraction of sp³-hybridized carbons (Fsp3) is 0.200. The van der Waals surface area contributed by atoms with E-state index < -0.39 is 10.0 Å². The van der Waals surface area contributed by atoms with Crippen molar-refractivity contribution >= 4 is 21.6 Å². The second-order valence-electron chi connectivity index (χ2n) is 6.32. The summed E-state index contributed by atoms with van der Waals surface area (Å²) in [6, 6.07) is 12.4. The average Bonchev–Trinajstić information content (AvgIpc) is 3.13. The van der Waals surface area contributed by atoms with Gasteiger partial charge >= 0.3 is 0 Å². The SMILES string of the molecule is COc1ccc(NS(=O)(=O)c2cccc(C(=O)NCCc3nccn3C)c2)cc1. The predicted molar refractivity (Wildman–Crippen MR) is 109 cm³/mol. The van der Waals surface area contributed by atoms with E-state index in [4.69, 9.17) is 4.74 Å². The maximum Gasteiger partial charge on any atom is 0.261 e. The van der Waals surface area contributed by atoms with Gasteiger partial charge in [-0.2, -0.15) is 0 Å². The number of carbonyl (C=O) groups excluding carboxylic acids is 1. The number of amides is 1. The third kappa shape index (κ3) is 5.14. The topological polar surface area (TPSA) is 102 Å². The van der Waals surface area contributed by atoms with Gasteiger partial charge in [-0.25, -0.2) is 13.4 Å². The number of imidazole rings is 1. The smallest absolute Gasteiger partial charge is 0.261 e. The zero-order chi connectivity index (χ0) is 20.9. The van der Waals surface area contributed by atoms with Gasteiger partial charge < -0.3 is 14.6 Å². The highest BCUT2D eigenvalue weighted by Crippen LogP contribution is 2.20. The second kappa shape index (κ2) is 8.78. The van der Waals surface area contributed by atoms with Gasteiger partial charge in [0, 0.05) is 43.7 Å². The Kier molecular flexibility index (Phi) is 6.18. The molecule has 0 spiro atoms. The fourth-order valence-corrected chi connectivity index (χ4v) is 3.81. The number of rotatable bonds is 8. The molecule has 3 aromatic rings. The molecule has 0 fully saturated rings. The summed E-state index contributed by atoms with van der Waals surface area (Å²) in [6.07, 6.45) is 4.11. The molecule has 2 N–H and O–H groups in total. The van der Waals surface area contributed by atoms with Crippen LogP contribution in [-0.2, 0) is 23.5 Å². The van der Waals surface area contributed by atoms with Crippen LogP contribution in [0.3, 0.4) is 0 Å². The highest BCUT2D eigenvalue weighted by molar-refractivity contribution is 7.92. The van der Waals surface area contributed by atoms with Gasteiger partial charge in [0.05, 0.1) is 12.0 Å².